The van der Waals surface area contributed by atoms with Crippen LogP contribution in [0.1, 0.15) is 98.3 Å². The number of unbranched alkanes of at least 4 members (excludes halogenated alkanes) is 9. The van der Waals surface area contributed by atoms with Crippen LogP contribution in [-0.4, -0.2) is 11.7 Å². The molecule has 19 heavy (non-hydrogen) atoms. The van der Waals surface area contributed by atoms with E-state index in [0.717, 1.165) is 0 Å². The van der Waals surface area contributed by atoms with Gasteiger partial charge in [-0.15, -0.1) is 0 Å². The van der Waals surface area contributed by atoms with Crippen molar-refractivity contribution >= 4 is 0 Å². The minimum absolute atomic E-state index is 0.139. The molecule has 0 aromatic carbocycles. The van der Waals surface area contributed by atoms with Crippen molar-refractivity contribution in [2.45, 2.75) is 98.3 Å². The molecule has 0 aromatic rings. The molecule has 0 spiro atoms. The van der Waals surface area contributed by atoms with Gasteiger partial charge in [-0.3, -0.25) is 0 Å². The minimum atomic E-state index is 0.139. The molecule has 1 heteroatoms. The summed E-state index contributed by atoms with van der Waals surface area (Å²) >= 11 is 0. The average molecular weight is 271 g/mol. The molecule has 116 valence electrons. The van der Waals surface area contributed by atoms with Gasteiger partial charge >= 0.3 is 0 Å². The number of rotatable bonds is 13. The molecule has 0 bridgehead atoms. The van der Waals surface area contributed by atoms with Gasteiger partial charge in [-0.2, -0.15) is 0 Å². The molecule has 0 aliphatic rings. The zero-order valence-electron chi connectivity index (χ0n) is 14.0. The second kappa shape index (κ2) is 11.8. The van der Waals surface area contributed by atoms with Crippen LogP contribution in [0.3, 0.4) is 0 Å². The molecule has 1 N–H and O–H groups in total. The van der Waals surface area contributed by atoms with Crippen LogP contribution in [0.2, 0.25) is 0 Å². The van der Waals surface area contributed by atoms with E-state index in [1.165, 1.54) is 70.6 Å². The standard InChI is InChI=1S/C18H38O/c1-5-6-7-8-9-10-11-12-13-14-15-18(4,16-19)17(2)3/h17,19H,5-16H2,1-4H3. The van der Waals surface area contributed by atoms with E-state index in [2.05, 4.69) is 27.7 Å². The number of aliphatic hydroxyl groups excluding tert-OH is 1. The lowest BCUT2D eigenvalue weighted by Crippen LogP contribution is -2.27. The van der Waals surface area contributed by atoms with E-state index < -0.39 is 0 Å². The van der Waals surface area contributed by atoms with Crippen LogP contribution in [0.15, 0.2) is 0 Å². The highest BCUT2D eigenvalue weighted by Gasteiger charge is 2.26. The van der Waals surface area contributed by atoms with Crippen LogP contribution in [0, 0.1) is 11.3 Å². The Bertz CT molecular complexity index is 188. The van der Waals surface area contributed by atoms with Crippen LogP contribution in [-0.2, 0) is 0 Å². The van der Waals surface area contributed by atoms with Gasteiger partial charge in [-0.1, -0.05) is 91.9 Å². The van der Waals surface area contributed by atoms with E-state index in [1.807, 2.05) is 0 Å². The molecule has 0 saturated heterocycles. The predicted octanol–water partition coefficient (Wildman–Crippen LogP) is 5.95. The van der Waals surface area contributed by atoms with E-state index in [4.69, 9.17) is 0 Å². The normalized spacial score (nSPS) is 14.8. The molecule has 0 radical (unpaired) electrons. The summed E-state index contributed by atoms with van der Waals surface area (Å²) in [6.07, 6.45) is 15.1. The maximum Gasteiger partial charge on any atom is 0.0487 e. The van der Waals surface area contributed by atoms with Crippen molar-refractivity contribution in [1.82, 2.24) is 0 Å². The first-order chi connectivity index (χ1) is 9.06. The molecule has 0 heterocycles. The van der Waals surface area contributed by atoms with Gasteiger partial charge in [0.2, 0.25) is 0 Å². The Labute approximate surface area is 122 Å². The molecule has 0 aromatic heterocycles. The lowest BCUT2D eigenvalue weighted by Gasteiger charge is -2.31. The maximum absolute atomic E-state index is 9.50. The van der Waals surface area contributed by atoms with Gasteiger partial charge in [0.05, 0.1) is 0 Å². The summed E-state index contributed by atoms with van der Waals surface area (Å²) in [7, 11) is 0. The largest absolute Gasteiger partial charge is 0.396 e. The molecule has 0 aliphatic heterocycles. The van der Waals surface area contributed by atoms with Crippen LogP contribution in [0.5, 0.6) is 0 Å². The zero-order valence-corrected chi connectivity index (χ0v) is 14.0. The number of aliphatic hydroxyl groups is 1. The van der Waals surface area contributed by atoms with Crippen molar-refractivity contribution in [3.05, 3.63) is 0 Å². The summed E-state index contributed by atoms with van der Waals surface area (Å²) in [6, 6.07) is 0. The molecule has 0 fully saturated rings. The van der Waals surface area contributed by atoms with Gasteiger partial charge in [-0.25, -0.2) is 0 Å². The van der Waals surface area contributed by atoms with Crippen molar-refractivity contribution in [2.24, 2.45) is 11.3 Å². The Hall–Kier alpha value is -0.0400. The van der Waals surface area contributed by atoms with Gasteiger partial charge in [0.25, 0.3) is 0 Å². The average Bonchev–Trinajstić information content (AvgIpc) is 2.40. The molecule has 1 nitrogen and oxygen atoms in total. The van der Waals surface area contributed by atoms with Gasteiger partial charge in [-0.05, 0) is 17.8 Å². The van der Waals surface area contributed by atoms with Crippen LogP contribution < -0.4 is 0 Å². The van der Waals surface area contributed by atoms with Crippen molar-refractivity contribution in [1.29, 1.82) is 0 Å². The fourth-order valence-corrected chi connectivity index (χ4v) is 2.57. The van der Waals surface area contributed by atoms with Gasteiger partial charge in [0, 0.05) is 6.61 Å². The first-order valence-electron chi connectivity index (χ1n) is 8.67. The third-order valence-electron chi connectivity index (χ3n) is 4.86. The summed E-state index contributed by atoms with van der Waals surface area (Å²) in [4.78, 5) is 0. The molecule has 0 rings (SSSR count). The molecule has 1 unspecified atom stereocenters. The first kappa shape index (κ1) is 19.0. The van der Waals surface area contributed by atoms with Gasteiger partial charge in [0.15, 0.2) is 0 Å². The second-order valence-corrected chi connectivity index (χ2v) is 6.90. The van der Waals surface area contributed by atoms with Gasteiger partial charge in [0.1, 0.15) is 0 Å². The molecule has 0 aliphatic carbocycles. The highest BCUT2D eigenvalue weighted by atomic mass is 16.3. The Kier molecular flexibility index (Phi) is 11.7. The Morgan fingerprint density at radius 2 is 1.21 bits per heavy atom. The molecule has 1 atom stereocenters. The summed E-state index contributed by atoms with van der Waals surface area (Å²) < 4.78 is 0. The Morgan fingerprint density at radius 1 is 0.789 bits per heavy atom. The fourth-order valence-electron chi connectivity index (χ4n) is 2.57. The van der Waals surface area contributed by atoms with E-state index in [0.29, 0.717) is 12.5 Å². The third kappa shape index (κ3) is 9.49. The molecular formula is C18H38O. The van der Waals surface area contributed by atoms with E-state index >= 15 is 0 Å². The number of hydrogen-bond donors (Lipinski definition) is 1. The van der Waals surface area contributed by atoms with Crippen molar-refractivity contribution in [3.8, 4) is 0 Å². The number of hydrogen-bond acceptors (Lipinski definition) is 1. The quantitative estimate of drug-likeness (QED) is 0.410. The van der Waals surface area contributed by atoms with Crippen molar-refractivity contribution in [2.75, 3.05) is 6.61 Å². The van der Waals surface area contributed by atoms with E-state index in [-0.39, 0.29) is 5.41 Å². The summed E-state index contributed by atoms with van der Waals surface area (Å²) in [5, 5.41) is 9.50. The van der Waals surface area contributed by atoms with Crippen molar-refractivity contribution < 1.29 is 5.11 Å². The van der Waals surface area contributed by atoms with Crippen LogP contribution in [0.4, 0.5) is 0 Å². The summed E-state index contributed by atoms with van der Waals surface area (Å²) in [5.41, 5.74) is 0.139. The van der Waals surface area contributed by atoms with Crippen LogP contribution >= 0.6 is 0 Å². The lowest BCUT2D eigenvalue weighted by molar-refractivity contribution is 0.0824. The fraction of sp³-hybridized carbons (Fsp3) is 1.00. The SMILES string of the molecule is CCCCCCCCCCCCC(C)(CO)C(C)C. The maximum atomic E-state index is 9.50. The summed E-state index contributed by atoms with van der Waals surface area (Å²) in [5.74, 6) is 0.580. The van der Waals surface area contributed by atoms with Crippen molar-refractivity contribution in [3.63, 3.8) is 0 Å². The Morgan fingerprint density at radius 3 is 1.58 bits per heavy atom. The van der Waals surface area contributed by atoms with E-state index in [9.17, 15) is 5.11 Å². The minimum Gasteiger partial charge on any atom is -0.396 e. The smallest absolute Gasteiger partial charge is 0.0487 e. The lowest BCUT2D eigenvalue weighted by atomic mass is 9.76. The molecule has 0 saturated carbocycles. The first-order valence-corrected chi connectivity index (χ1v) is 8.67. The highest BCUT2D eigenvalue weighted by Crippen LogP contribution is 2.32. The summed E-state index contributed by atoms with van der Waals surface area (Å²) in [6.45, 7) is 9.30. The molecule has 0 amide bonds. The predicted molar refractivity (Wildman–Crippen MR) is 86.5 cm³/mol. The zero-order chi connectivity index (χ0) is 14.6. The third-order valence-corrected chi connectivity index (χ3v) is 4.86. The second-order valence-electron chi connectivity index (χ2n) is 6.90. The molecular weight excluding hydrogens is 232 g/mol. The van der Waals surface area contributed by atoms with Crippen LogP contribution in [0.25, 0.3) is 0 Å². The monoisotopic (exact) mass is 270 g/mol. The highest BCUT2D eigenvalue weighted by molar-refractivity contribution is 4.76. The van der Waals surface area contributed by atoms with E-state index in [1.54, 1.807) is 0 Å². The Balaban J connectivity index is 3.35. The van der Waals surface area contributed by atoms with Gasteiger partial charge < -0.3 is 5.11 Å². The topological polar surface area (TPSA) is 20.2 Å².